The Balaban J connectivity index is 2.35. The zero-order chi connectivity index (χ0) is 16.3. The summed E-state index contributed by atoms with van der Waals surface area (Å²) < 4.78 is 11.1. The van der Waals surface area contributed by atoms with Crippen molar-refractivity contribution in [3.05, 3.63) is 28.4 Å². The number of amides is 3. The lowest BCUT2D eigenvalue weighted by atomic mass is 10.1. The number of methoxy groups -OCH3 is 1. The summed E-state index contributed by atoms with van der Waals surface area (Å²) in [6.45, 7) is 3.94. The van der Waals surface area contributed by atoms with Crippen molar-refractivity contribution in [3.63, 3.8) is 0 Å². The predicted molar refractivity (Wildman–Crippen MR) is 83.0 cm³/mol. The van der Waals surface area contributed by atoms with E-state index in [1.807, 2.05) is 13.8 Å². The van der Waals surface area contributed by atoms with Gasteiger partial charge in [0, 0.05) is 0 Å². The van der Waals surface area contributed by atoms with E-state index >= 15 is 0 Å². The van der Waals surface area contributed by atoms with Crippen LogP contribution < -0.4 is 20.1 Å². The van der Waals surface area contributed by atoms with Gasteiger partial charge in [-0.3, -0.25) is 10.1 Å². The molecule has 2 N–H and O–H groups in total. The zero-order valence-corrected chi connectivity index (χ0v) is 13.3. The summed E-state index contributed by atoms with van der Waals surface area (Å²) >= 11 is 6.24. The first-order valence-electron chi connectivity index (χ1n) is 6.82. The van der Waals surface area contributed by atoms with E-state index in [2.05, 4.69) is 10.6 Å². The second-order valence-electron chi connectivity index (χ2n) is 4.84. The topological polar surface area (TPSA) is 76.7 Å². The minimum Gasteiger partial charge on any atom is -0.493 e. The molecule has 2 rings (SSSR count). The fourth-order valence-electron chi connectivity index (χ4n) is 1.87. The van der Waals surface area contributed by atoms with Gasteiger partial charge in [-0.1, -0.05) is 18.5 Å². The maximum Gasteiger partial charge on any atom is 0.326 e. The first kappa shape index (κ1) is 16.2. The van der Waals surface area contributed by atoms with Gasteiger partial charge in [0.05, 0.1) is 18.2 Å². The quantitative estimate of drug-likeness (QED) is 0.645. The van der Waals surface area contributed by atoms with Crippen LogP contribution in [-0.2, 0) is 4.79 Å². The monoisotopic (exact) mass is 324 g/mol. The van der Waals surface area contributed by atoms with Gasteiger partial charge in [0.25, 0.3) is 5.91 Å². The molecule has 22 heavy (non-hydrogen) atoms. The van der Waals surface area contributed by atoms with Gasteiger partial charge in [0.1, 0.15) is 5.70 Å². The molecule has 1 aliphatic rings. The Morgan fingerprint density at radius 3 is 2.59 bits per heavy atom. The molecule has 0 bridgehead atoms. The Morgan fingerprint density at radius 2 is 2.05 bits per heavy atom. The normalized spacial score (nSPS) is 17.2. The molecule has 7 heteroatoms. The maximum absolute atomic E-state index is 11.5. The zero-order valence-electron chi connectivity index (χ0n) is 12.5. The fraction of sp³-hybridized carbons (Fsp3) is 0.333. The number of imide groups is 1. The van der Waals surface area contributed by atoms with E-state index in [0.717, 1.165) is 6.42 Å². The smallest absolute Gasteiger partial charge is 0.326 e. The van der Waals surface area contributed by atoms with E-state index in [9.17, 15) is 9.59 Å². The molecular weight excluding hydrogens is 308 g/mol. The highest BCUT2D eigenvalue weighted by molar-refractivity contribution is 6.32. The first-order chi connectivity index (χ1) is 10.4. The van der Waals surface area contributed by atoms with Gasteiger partial charge in [0.15, 0.2) is 11.5 Å². The van der Waals surface area contributed by atoms with Crippen LogP contribution in [0.1, 0.15) is 25.8 Å². The molecule has 1 unspecified atom stereocenters. The van der Waals surface area contributed by atoms with Gasteiger partial charge < -0.3 is 14.8 Å². The lowest BCUT2D eigenvalue weighted by Crippen LogP contribution is -2.22. The summed E-state index contributed by atoms with van der Waals surface area (Å²) in [6.07, 6.45) is 2.34. The van der Waals surface area contributed by atoms with Gasteiger partial charge in [-0.15, -0.1) is 0 Å². The van der Waals surface area contributed by atoms with Crippen LogP contribution in [0.25, 0.3) is 6.08 Å². The fourth-order valence-corrected chi connectivity index (χ4v) is 2.13. The lowest BCUT2D eigenvalue weighted by molar-refractivity contribution is -0.115. The van der Waals surface area contributed by atoms with Crippen LogP contribution in [0.2, 0.25) is 5.02 Å². The SMILES string of the molecule is CCC(C)Oc1c(Cl)cc(/C=C2/NC(=O)NC2=O)cc1OC. The third kappa shape index (κ3) is 3.51. The maximum atomic E-state index is 11.5. The van der Waals surface area contributed by atoms with Gasteiger partial charge in [0.2, 0.25) is 0 Å². The van der Waals surface area contributed by atoms with Crippen LogP contribution in [-0.4, -0.2) is 25.2 Å². The molecule has 1 saturated heterocycles. The second kappa shape index (κ2) is 6.70. The van der Waals surface area contributed by atoms with Crippen molar-refractivity contribution in [2.45, 2.75) is 26.4 Å². The summed E-state index contributed by atoms with van der Waals surface area (Å²) in [4.78, 5) is 22.6. The Hall–Kier alpha value is -2.21. The van der Waals surface area contributed by atoms with Gasteiger partial charge >= 0.3 is 6.03 Å². The van der Waals surface area contributed by atoms with Crippen molar-refractivity contribution < 1.29 is 19.1 Å². The van der Waals surface area contributed by atoms with E-state index < -0.39 is 11.9 Å². The molecule has 118 valence electrons. The molecule has 0 aliphatic carbocycles. The summed E-state index contributed by atoms with van der Waals surface area (Å²) in [5, 5.41) is 4.91. The third-order valence-electron chi connectivity index (χ3n) is 3.18. The number of halogens is 1. The number of rotatable bonds is 5. The summed E-state index contributed by atoms with van der Waals surface area (Å²) in [6, 6.07) is 2.78. The molecular formula is C15H17ClN2O4. The standard InChI is InChI=1S/C15H17ClN2O4/c1-4-8(2)22-13-10(16)5-9(7-12(13)21-3)6-11-14(19)18-15(20)17-11/h5-8H,4H2,1-3H3,(H2,17,18,19,20)/b11-6+. The minimum atomic E-state index is -0.550. The Bertz CT molecular complexity index is 643. The highest BCUT2D eigenvalue weighted by Gasteiger charge is 2.23. The Kier molecular flexibility index (Phi) is 4.92. The van der Waals surface area contributed by atoms with E-state index in [1.165, 1.54) is 13.2 Å². The predicted octanol–water partition coefficient (Wildman–Crippen LogP) is 2.71. The molecule has 6 nitrogen and oxygen atoms in total. The first-order valence-corrected chi connectivity index (χ1v) is 7.20. The van der Waals surface area contributed by atoms with Crippen molar-refractivity contribution in [2.75, 3.05) is 7.11 Å². The molecule has 1 heterocycles. The van der Waals surface area contributed by atoms with Crippen molar-refractivity contribution in [1.82, 2.24) is 10.6 Å². The lowest BCUT2D eigenvalue weighted by Gasteiger charge is -2.17. The molecule has 1 fully saturated rings. The van der Waals surface area contributed by atoms with Crippen molar-refractivity contribution >= 4 is 29.6 Å². The molecule has 1 atom stereocenters. The molecule has 1 aromatic carbocycles. The molecule has 3 amide bonds. The van der Waals surface area contributed by atoms with Crippen molar-refractivity contribution in [3.8, 4) is 11.5 Å². The number of urea groups is 1. The van der Waals surface area contributed by atoms with Crippen LogP contribution >= 0.6 is 11.6 Å². The number of carbonyl (C=O) groups excluding carboxylic acids is 2. The molecule has 0 radical (unpaired) electrons. The minimum absolute atomic E-state index is 0.00416. The number of ether oxygens (including phenoxy) is 2. The third-order valence-corrected chi connectivity index (χ3v) is 3.46. The molecule has 0 aromatic heterocycles. The van der Waals surface area contributed by atoms with Gasteiger partial charge in [-0.05, 0) is 37.1 Å². The van der Waals surface area contributed by atoms with Crippen LogP contribution in [0.15, 0.2) is 17.8 Å². The van der Waals surface area contributed by atoms with Crippen LogP contribution in [0.3, 0.4) is 0 Å². The second-order valence-corrected chi connectivity index (χ2v) is 5.24. The van der Waals surface area contributed by atoms with Crippen LogP contribution in [0.5, 0.6) is 11.5 Å². The average Bonchev–Trinajstić information content (AvgIpc) is 2.79. The van der Waals surface area contributed by atoms with Gasteiger partial charge in [-0.25, -0.2) is 4.79 Å². The van der Waals surface area contributed by atoms with E-state index in [4.69, 9.17) is 21.1 Å². The van der Waals surface area contributed by atoms with Gasteiger partial charge in [-0.2, -0.15) is 0 Å². The number of carbonyl (C=O) groups is 2. The average molecular weight is 325 g/mol. The van der Waals surface area contributed by atoms with Crippen LogP contribution in [0, 0.1) is 0 Å². The summed E-state index contributed by atoms with van der Waals surface area (Å²) in [5.41, 5.74) is 0.768. The Labute approximate surface area is 133 Å². The van der Waals surface area contributed by atoms with Crippen molar-refractivity contribution in [1.29, 1.82) is 0 Å². The Morgan fingerprint density at radius 1 is 1.32 bits per heavy atom. The van der Waals surface area contributed by atoms with Crippen LogP contribution in [0.4, 0.5) is 4.79 Å². The molecule has 1 aromatic rings. The van der Waals surface area contributed by atoms with E-state index in [-0.39, 0.29) is 11.8 Å². The summed E-state index contributed by atoms with van der Waals surface area (Å²) in [7, 11) is 1.51. The number of hydrogen-bond acceptors (Lipinski definition) is 4. The number of benzene rings is 1. The molecule has 0 spiro atoms. The highest BCUT2D eigenvalue weighted by atomic mass is 35.5. The highest BCUT2D eigenvalue weighted by Crippen LogP contribution is 2.37. The molecule has 1 aliphatic heterocycles. The van der Waals surface area contributed by atoms with Crippen molar-refractivity contribution in [2.24, 2.45) is 0 Å². The summed E-state index contributed by atoms with van der Waals surface area (Å²) in [5.74, 6) is 0.435. The largest absolute Gasteiger partial charge is 0.493 e. The molecule has 0 saturated carbocycles. The van der Waals surface area contributed by atoms with E-state index in [0.29, 0.717) is 22.1 Å². The van der Waals surface area contributed by atoms with E-state index in [1.54, 1.807) is 12.1 Å². The number of nitrogens with one attached hydrogen (secondary N) is 2. The number of hydrogen-bond donors (Lipinski definition) is 2.